The minimum atomic E-state index is -0.494. The Bertz CT molecular complexity index is 397. The van der Waals surface area contributed by atoms with Crippen LogP contribution in [0.3, 0.4) is 0 Å². The molecule has 0 saturated heterocycles. The Morgan fingerprint density at radius 2 is 1.83 bits per heavy atom. The van der Waals surface area contributed by atoms with Gasteiger partial charge in [0.1, 0.15) is 0 Å². The molecule has 4 nitrogen and oxygen atoms in total. The van der Waals surface area contributed by atoms with Crippen LogP contribution in [0.5, 0.6) is 0 Å². The summed E-state index contributed by atoms with van der Waals surface area (Å²) in [6.45, 7) is 7.91. The molecule has 0 aliphatic heterocycles. The number of hydrogen-bond acceptors (Lipinski definition) is 3. The van der Waals surface area contributed by atoms with Crippen LogP contribution in [0.25, 0.3) is 0 Å². The number of rotatable bonds is 3. The van der Waals surface area contributed by atoms with Gasteiger partial charge in [0.15, 0.2) is 0 Å². The zero-order valence-electron chi connectivity index (χ0n) is 11.8. The van der Waals surface area contributed by atoms with E-state index in [2.05, 4.69) is 4.98 Å². The lowest BCUT2D eigenvalue weighted by Crippen LogP contribution is -2.49. The Hall–Kier alpha value is -1.42. The SMILES string of the molecule is CC(c1ccncc1)N(C)C(=O)C(N)C(C)(C)C. The number of hydrogen-bond donors (Lipinski definition) is 1. The maximum Gasteiger partial charge on any atom is 0.240 e. The first-order valence-corrected chi connectivity index (χ1v) is 6.17. The van der Waals surface area contributed by atoms with Gasteiger partial charge in [-0.15, -0.1) is 0 Å². The van der Waals surface area contributed by atoms with Crippen LogP contribution in [-0.4, -0.2) is 28.9 Å². The number of nitrogens with two attached hydrogens (primary N) is 1. The smallest absolute Gasteiger partial charge is 0.240 e. The lowest BCUT2D eigenvalue weighted by molar-refractivity contribution is -0.135. The highest BCUT2D eigenvalue weighted by molar-refractivity contribution is 5.82. The third-order valence-corrected chi connectivity index (χ3v) is 3.32. The fourth-order valence-electron chi connectivity index (χ4n) is 1.65. The molecule has 0 aromatic carbocycles. The van der Waals surface area contributed by atoms with Crippen molar-refractivity contribution in [3.63, 3.8) is 0 Å². The summed E-state index contributed by atoms with van der Waals surface area (Å²) in [5, 5.41) is 0. The maximum absolute atomic E-state index is 12.3. The summed E-state index contributed by atoms with van der Waals surface area (Å²) < 4.78 is 0. The van der Waals surface area contributed by atoms with Gasteiger partial charge in [0.05, 0.1) is 12.1 Å². The summed E-state index contributed by atoms with van der Waals surface area (Å²) in [5.41, 5.74) is 6.83. The lowest BCUT2D eigenvalue weighted by atomic mass is 9.86. The molecule has 2 unspecified atom stereocenters. The van der Waals surface area contributed by atoms with Crippen LogP contribution in [0.4, 0.5) is 0 Å². The first-order valence-electron chi connectivity index (χ1n) is 6.17. The summed E-state index contributed by atoms with van der Waals surface area (Å²) in [6, 6.07) is 3.33. The molecule has 0 bridgehead atoms. The quantitative estimate of drug-likeness (QED) is 0.891. The Morgan fingerprint density at radius 3 is 2.28 bits per heavy atom. The second-order valence-corrected chi connectivity index (χ2v) is 5.75. The number of amides is 1. The lowest BCUT2D eigenvalue weighted by Gasteiger charge is -2.33. The summed E-state index contributed by atoms with van der Waals surface area (Å²) in [4.78, 5) is 18.0. The summed E-state index contributed by atoms with van der Waals surface area (Å²) in [7, 11) is 1.79. The molecule has 1 aromatic heterocycles. The van der Waals surface area contributed by atoms with E-state index in [1.165, 1.54) is 0 Å². The number of likely N-dealkylation sites (N-methyl/N-ethyl adjacent to an activating group) is 1. The normalized spacial score (nSPS) is 15.0. The third-order valence-electron chi connectivity index (χ3n) is 3.32. The van der Waals surface area contributed by atoms with Gasteiger partial charge in [-0.1, -0.05) is 20.8 Å². The molecule has 0 spiro atoms. The molecule has 2 atom stereocenters. The van der Waals surface area contributed by atoms with Gasteiger partial charge in [-0.2, -0.15) is 0 Å². The standard InChI is InChI=1S/C14H23N3O/c1-10(11-6-8-16-9-7-11)17(5)13(18)12(15)14(2,3)4/h6-10,12H,15H2,1-5H3. The van der Waals surface area contributed by atoms with Crippen LogP contribution in [-0.2, 0) is 4.79 Å². The molecule has 0 radical (unpaired) electrons. The summed E-state index contributed by atoms with van der Waals surface area (Å²) in [5.74, 6) is -0.0354. The Labute approximate surface area is 109 Å². The fourth-order valence-corrected chi connectivity index (χ4v) is 1.65. The predicted octanol–water partition coefficient (Wildman–Crippen LogP) is 1.97. The van der Waals surface area contributed by atoms with Crippen molar-refractivity contribution in [1.82, 2.24) is 9.88 Å². The van der Waals surface area contributed by atoms with Crippen molar-refractivity contribution in [2.24, 2.45) is 11.1 Å². The van der Waals surface area contributed by atoms with Gasteiger partial charge >= 0.3 is 0 Å². The van der Waals surface area contributed by atoms with Crippen LogP contribution in [0.1, 0.15) is 39.3 Å². The summed E-state index contributed by atoms with van der Waals surface area (Å²) >= 11 is 0. The van der Waals surface area contributed by atoms with E-state index < -0.39 is 6.04 Å². The van der Waals surface area contributed by atoms with Gasteiger partial charge in [0.2, 0.25) is 5.91 Å². The first kappa shape index (κ1) is 14.6. The van der Waals surface area contributed by atoms with Gasteiger partial charge in [-0.25, -0.2) is 0 Å². The molecule has 0 saturated carbocycles. The van der Waals surface area contributed by atoms with E-state index in [4.69, 9.17) is 5.73 Å². The molecule has 18 heavy (non-hydrogen) atoms. The zero-order chi connectivity index (χ0) is 13.9. The number of carbonyl (C=O) groups excluding carboxylic acids is 1. The molecule has 1 aromatic rings. The average Bonchev–Trinajstić information content (AvgIpc) is 2.35. The van der Waals surface area contributed by atoms with E-state index in [1.54, 1.807) is 24.3 Å². The molecule has 100 valence electrons. The van der Waals surface area contributed by atoms with Crippen LogP contribution >= 0.6 is 0 Å². The van der Waals surface area contributed by atoms with Crippen molar-refractivity contribution < 1.29 is 4.79 Å². The van der Waals surface area contributed by atoms with E-state index in [1.807, 2.05) is 39.8 Å². The topological polar surface area (TPSA) is 59.2 Å². The molecule has 4 heteroatoms. The highest BCUT2D eigenvalue weighted by Gasteiger charge is 2.31. The molecule has 1 heterocycles. The predicted molar refractivity (Wildman–Crippen MR) is 72.9 cm³/mol. The fraction of sp³-hybridized carbons (Fsp3) is 0.571. The van der Waals surface area contributed by atoms with Gasteiger partial charge in [-0.3, -0.25) is 9.78 Å². The highest BCUT2D eigenvalue weighted by atomic mass is 16.2. The Kier molecular flexibility index (Phi) is 4.46. The highest BCUT2D eigenvalue weighted by Crippen LogP contribution is 2.23. The minimum absolute atomic E-state index is 0.00565. The van der Waals surface area contributed by atoms with Crippen molar-refractivity contribution in [3.8, 4) is 0 Å². The van der Waals surface area contributed by atoms with Crippen LogP contribution < -0.4 is 5.73 Å². The molecule has 0 aliphatic carbocycles. The van der Waals surface area contributed by atoms with Gasteiger partial charge in [0, 0.05) is 19.4 Å². The third kappa shape index (κ3) is 3.29. The van der Waals surface area contributed by atoms with Crippen molar-refractivity contribution in [2.45, 2.75) is 39.8 Å². The van der Waals surface area contributed by atoms with Crippen LogP contribution in [0.2, 0.25) is 0 Å². The van der Waals surface area contributed by atoms with E-state index in [9.17, 15) is 4.79 Å². The monoisotopic (exact) mass is 249 g/mol. The number of aromatic nitrogens is 1. The molecule has 1 rings (SSSR count). The van der Waals surface area contributed by atoms with E-state index in [-0.39, 0.29) is 17.4 Å². The van der Waals surface area contributed by atoms with E-state index >= 15 is 0 Å². The molecule has 0 fully saturated rings. The summed E-state index contributed by atoms with van der Waals surface area (Å²) in [6.07, 6.45) is 3.46. The number of carbonyl (C=O) groups is 1. The molecule has 2 N–H and O–H groups in total. The second-order valence-electron chi connectivity index (χ2n) is 5.75. The average molecular weight is 249 g/mol. The largest absolute Gasteiger partial charge is 0.338 e. The van der Waals surface area contributed by atoms with Gasteiger partial charge in [0.25, 0.3) is 0 Å². The number of nitrogens with zero attached hydrogens (tertiary/aromatic N) is 2. The van der Waals surface area contributed by atoms with Crippen LogP contribution in [0.15, 0.2) is 24.5 Å². The molecular formula is C14H23N3O. The van der Waals surface area contributed by atoms with Crippen LogP contribution in [0, 0.1) is 5.41 Å². The van der Waals surface area contributed by atoms with Gasteiger partial charge in [-0.05, 0) is 30.0 Å². The van der Waals surface area contributed by atoms with Crippen molar-refractivity contribution in [2.75, 3.05) is 7.05 Å². The molecule has 1 amide bonds. The Balaban J connectivity index is 2.82. The molecular weight excluding hydrogens is 226 g/mol. The van der Waals surface area contributed by atoms with E-state index in [0.717, 1.165) is 5.56 Å². The van der Waals surface area contributed by atoms with E-state index in [0.29, 0.717) is 0 Å². The second kappa shape index (κ2) is 5.48. The first-order chi connectivity index (χ1) is 8.25. The van der Waals surface area contributed by atoms with Crippen molar-refractivity contribution >= 4 is 5.91 Å². The number of pyridine rings is 1. The van der Waals surface area contributed by atoms with Crippen molar-refractivity contribution in [3.05, 3.63) is 30.1 Å². The maximum atomic E-state index is 12.3. The Morgan fingerprint density at radius 1 is 1.33 bits per heavy atom. The van der Waals surface area contributed by atoms with Gasteiger partial charge < -0.3 is 10.6 Å². The van der Waals surface area contributed by atoms with Crippen molar-refractivity contribution in [1.29, 1.82) is 0 Å². The zero-order valence-corrected chi connectivity index (χ0v) is 11.8. The molecule has 0 aliphatic rings. The minimum Gasteiger partial charge on any atom is -0.338 e.